The summed E-state index contributed by atoms with van der Waals surface area (Å²) in [6, 6.07) is 12.4. The van der Waals surface area contributed by atoms with E-state index in [-0.39, 0.29) is 5.56 Å². The molecule has 7 heteroatoms. The Morgan fingerprint density at radius 2 is 2.10 bits per heavy atom. The largest absolute Gasteiger partial charge is 0.384 e. The number of benzene rings is 2. The van der Waals surface area contributed by atoms with Crippen molar-refractivity contribution in [1.29, 1.82) is 0 Å². The quantitative estimate of drug-likeness (QED) is 0.289. The van der Waals surface area contributed by atoms with Crippen LogP contribution < -0.4 is 21.5 Å². The van der Waals surface area contributed by atoms with Gasteiger partial charge in [0.05, 0.1) is 16.6 Å². The van der Waals surface area contributed by atoms with Gasteiger partial charge in [0.1, 0.15) is 0 Å². The van der Waals surface area contributed by atoms with Crippen molar-refractivity contribution in [3.05, 3.63) is 61.4 Å². The Balaban J connectivity index is 1.33. The topological polar surface area (TPSA) is 81.8 Å². The zero-order valence-electron chi connectivity index (χ0n) is 16.5. The van der Waals surface area contributed by atoms with Gasteiger partial charge >= 0.3 is 0 Å². The summed E-state index contributed by atoms with van der Waals surface area (Å²) in [6.07, 6.45) is 3.08. The lowest BCUT2D eigenvalue weighted by molar-refractivity contribution is 0.497. The van der Waals surface area contributed by atoms with Crippen LogP contribution >= 0.6 is 22.6 Å². The lowest BCUT2D eigenvalue weighted by Gasteiger charge is -2.29. The fraction of sp³-hybridized carbons (Fsp3) is 0.364. The lowest BCUT2D eigenvalue weighted by Crippen LogP contribution is -2.30. The molecule has 6 nitrogen and oxygen atoms in total. The van der Waals surface area contributed by atoms with Crippen LogP contribution in [0.3, 0.4) is 0 Å². The molecule has 2 heterocycles. The van der Waals surface area contributed by atoms with Crippen LogP contribution in [0.15, 0.2) is 41.2 Å². The molecule has 2 aromatic carbocycles. The summed E-state index contributed by atoms with van der Waals surface area (Å²) in [4.78, 5) is 19.4. The second-order valence-corrected chi connectivity index (χ2v) is 8.49. The Labute approximate surface area is 184 Å². The molecule has 4 N–H and O–H groups in total. The zero-order chi connectivity index (χ0) is 20.2. The fourth-order valence-corrected chi connectivity index (χ4v) is 4.70. The highest BCUT2D eigenvalue weighted by molar-refractivity contribution is 14.1. The minimum Gasteiger partial charge on any atom is -0.384 e. The lowest BCUT2D eigenvalue weighted by atomic mass is 9.95. The number of aryl methyl sites for hydroxylation is 1. The first-order valence-electron chi connectivity index (χ1n) is 10.2. The smallest absolute Gasteiger partial charge is 0.260 e. The van der Waals surface area contributed by atoms with Gasteiger partial charge in [-0.15, -0.1) is 0 Å². The number of hydrogen-bond donors (Lipinski definition) is 4. The normalized spacial score (nSPS) is 15.7. The van der Waals surface area contributed by atoms with Crippen LogP contribution in [-0.4, -0.2) is 29.6 Å². The summed E-state index contributed by atoms with van der Waals surface area (Å²) in [5.41, 5.74) is 4.65. The number of nitrogens with zero attached hydrogens (tertiary/aromatic N) is 1. The van der Waals surface area contributed by atoms with Crippen LogP contribution in [0.4, 0.5) is 11.6 Å². The maximum absolute atomic E-state index is 12.1. The van der Waals surface area contributed by atoms with Crippen molar-refractivity contribution in [1.82, 2.24) is 15.3 Å². The number of H-pyrrole nitrogens is 1. The molecule has 0 aliphatic carbocycles. The molecular weight excluding hydrogens is 477 g/mol. The summed E-state index contributed by atoms with van der Waals surface area (Å²) in [7, 11) is 0. The van der Waals surface area contributed by atoms with E-state index in [4.69, 9.17) is 0 Å². The molecule has 3 aromatic rings. The number of nitrogens with one attached hydrogen (secondary N) is 4. The minimum absolute atomic E-state index is 0.108. The maximum atomic E-state index is 12.1. The Kier molecular flexibility index (Phi) is 6.34. The number of hydrogen-bond acceptors (Lipinski definition) is 5. The van der Waals surface area contributed by atoms with Gasteiger partial charge in [-0.3, -0.25) is 9.78 Å². The van der Waals surface area contributed by atoms with Gasteiger partial charge in [0.25, 0.3) is 5.56 Å². The second-order valence-electron chi connectivity index (χ2n) is 7.33. The average molecular weight is 503 g/mol. The van der Waals surface area contributed by atoms with Gasteiger partial charge in [-0.25, -0.2) is 4.98 Å². The van der Waals surface area contributed by atoms with Gasteiger partial charge in [-0.2, -0.15) is 0 Å². The van der Waals surface area contributed by atoms with E-state index in [1.807, 2.05) is 18.2 Å². The first kappa shape index (κ1) is 20.2. The molecule has 0 bridgehead atoms. The number of para-hydroxylation sites is 1. The van der Waals surface area contributed by atoms with Crippen molar-refractivity contribution >= 4 is 45.1 Å². The van der Waals surface area contributed by atoms with E-state index in [0.717, 1.165) is 38.9 Å². The minimum atomic E-state index is -0.108. The molecule has 0 fully saturated rings. The van der Waals surface area contributed by atoms with Crippen molar-refractivity contribution in [3.8, 4) is 0 Å². The highest BCUT2D eigenvalue weighted by Gasteiger charge is 2.21. The molecule has 1 aliphatic rings. The van der Waals surface area contributed by atoms with E-state index in [2.05, 4.69) is 67.6 Å². The molecule has 0 amide bonds. The Morgan fingerprint density at radius 3 is 2.97 bits per heavy atom. The van der Waals surface area contributed by atoms with Crippen LogP contribution in [0, 0.1) is 3.57 Å². The van der Waals surface area contributed by atoms with Crippen LogP contribution in [0.5, 0.6) is 0 Å². The first-order valence-corrected chi connectivity index (χ1v) is 11.3. The predicted molar refractivity (Wildman–Crippen MR) is 128 cm³/mol. The standard InChI is InChI=1S/C22H26IN5O/c1-2-14-12-16-18(8-11-25-20(16)17(23)13-14)24-9-5-10-26-22-27-19-7-4-3-6-15(19)21(29)28-22/h3-4,6-7,12-13,18,24-25H,2,5,8-11H2,1H3,(H2,26,27,28,29)/t18-/m0/s1. The molecule has 0 spiro atoms. The number of halogens is 1. The molecule has 0 unspecified atom stereocenters. The van der Waals surface area contributed by atoms with Crippen LogP contribution in [0.25, 0.3) is 10.9 Å². The summed E-state index contributed by atoms with van der Waals surface area (Å²) >= 11 is 2.43. The molecule has 1 aliphatic heterocycles. The zero-order valence-corrected chi connectivity index (χ0v) is 18.7. The molecule has 4 rings (SSSR count). The van der Waals surface area contributed by atoms with Crippen molar-refractivity contribution in [2.24, 2.45) is 0 Å². The molecule has 152 valence electrons. The SMILES string of the molecule is CCc1cc(I)c2c(c1)[C@@H](NCCCNc1nc3ccccc3c(=O)[nH]1)CCN2. The number of fused-ring (bicyclic) bond motifs is 2. The number of anilines is 2. The number of aromatic nitrogens is 2. The van der Waals surface area contributed by atoms with Gasteiger partial charge in [-0.1, -0.05) is 25.1 Å². The van der Waals surface area contributed by atoms with Crippen molar-refractivity contribution < 1.29 is 0 Å². The highest BCUT2D eigenvalue weighted by Crippen LogP contribution is 2.34. The van der Waals surface area contributed by atoms with Crippen LogP contribution in [0.2, 0.25) is 0 Å². The Hall–Kier alpha value is -2.13. The second kappa shape index (κ2) is 9.13. The molecule has 0 radical (unpaired) electrons. The number of aromatic amines is 1. The average Bonchev–Trinajstić information content (AvgIpc) is 2.73. The third-order valence-corrected chi connectivity index (χ3v) is 6.20. The van der Waals surface area contributed by atoms with Crippen molar-refractivity contribution in [3.63, 3.8) is 0 Å². The van der Waals surface area contributed by atoms with Gasteiger partial charge in [0, 0.05) is 22.7 Å². The molecule has 0 saturated heterocycles. The van der Waals surface area contributed by atoms with Crippen molar-refractivity contribution in [2.75, 3.05) is 30.3 Å². The summed E-state index contributed by atoms with van der Waals surface area (Å²) in [5, 5.41) is 11.1. The summed E-state index contributed by atoms with van der Waals surface area (Å²) in [6.45, 7) is 4.85. The number of rotatable bonds is 7. The summed E-state index contributed by atoms with van der Waals surface area (Å²) in [5.74, 6) is 0.531. The van der Waals surface area contributed by atoms with Crippen LogP contribution in [0.1, 0.15) is 36.9 Å². The monoisotopic (exact) mass is 503 g/mol. The molecule has 1 atom stereocenters. The van der Waals surface area contributed by atoms with Crippen molar-refractivity contribution in [2.45, 2.75) is 32.2 Å². The Bertz CT molecular complexity index is 1060. The van der Waals surface area contributed by atoms with E-state index in [1.54, 1.807) is 6.07 Å². The molecular formula is C22H26IN5O. The molecule has 1 aromatic heterocycles. The highest BCUT2D eigenvalue weighted by atomic mass is 127. The molecule has 29 heavy (non-hydrogen) atoms. The fourth-order valence-electron chi connectivity index (χ4n) is 3.80. The first-order chi connectivity index (χ1) is 14.2. The van der Waals surface area contributed by atoms with E-state index >= 15 is 0 Å². The summed E-state index contributed by atoms with van der Waals surface area (Å²) < 4.78 is 1.30. The van der Waals surface area contributed by atoms with E-state index in [9.17, 15) is 4.79 Å². The predicted octanol–water partition coefficient (Wildman–Crippen LogP) is 4.04. The van der Waals surface area contributed by atoms with E-state index in [0.29, 0.717) is 22.9 Å². The Morgan fingerprint density at radius 1 is 1.24 bits per heavy atom. The van der Waals surface area contributed by atoms with E-state index in [1.165, 1.54) is 20.4 Å². The van der Waals surface area contributed by atoms with Gasteiger partial charge in [0.15, 0.2) is 0 Å². The van der Waals surface area contributed by atoms with Gasteiger partial charge in [-0.05, 0) is 77.7 Å². The maximum Gasteiger partial charge on any atom is 0.260 e. The van der Waals surface area contributed by atoms with Crippen LogP contribution in [-0.2, 0) is 6.42 Å². The van der Waals surface area contributed by atoms with E-state index < -0.39 is 0 Å². The van der Waals surface area contributed by atoms with Gasteiger partial charge < -0.3 is 16.0 Å². The molecule has 0 saturated carbocycles. The third-order valence-electron chi connectivity index (χ3n) is 5.35. The van der Waals surface area contributed by atoms with Gasteiger partial charge in [0.2, 0.25) is 5.95 Å². The third kappa shape index (κ3) is 4.56.